The number of anilines is 1. The number of hydrogen-bond donors (Lipinski definition) is 2. The molecule has 3 atom stereocenters. The molecule has 0 unspecified atom stereocenters. The predicted octanol–water partition coefficient (Wildman–Crippen LogP) is 3.73. The van der Waals surface area contributed by atoms with Crippen molar-refractivity contribution in [2.24, 2.45) is 0 Å². The predicted molar refractivity (Wildman–Crippen MR) is 127 cm³/mol. The quantitative estimate of drug-likeness (QED) is 0.627. The van der Waals surface area contributed by atoms with Crippen molar-refractivity contribution in [2.75, 3.05) is 18.9 Å². The van der Waals surface area contributed by atoms with Gasteiger partial charge in [-0.25, -0.2) is 27.7 Å². The Labute approximate surface area is 215 Å². The van der Waals surface area contributed by atoms with Gasteiger partial charge in [0.1, 0.15) is 12.4 Å². The van der Waals surface area contributed by atoms with E-state index in [2.05, 4.69) is 10.6 Å². The number of halogens is 3. The summed E-state index contributed by atoms with van der Waals surface area (Å²) in [5, 5.41) is 4.68. The molecule has 2 fully saturated rings. The molecule has 2 saturated heterocycles. The van der Waals surface area contributed by atoms with E-state index in [1.54, 1.807) is 6.92 Å². The van der Waals surface area contributed by atoms with Crippen LogP contribution in [0.3, 0.4) is 0 Å². The van der Waals surface area contributed by atoms with Crippen molar-refractivity contribution in [2.45, 2.75) is 50.3 Å². The summed E-state index contributed by atoms with van der Waals surface area (Å²) in [5.74, 6) is -4.10. The van der Waals surface area contributed by atoms with E-state index in [0.717, 1.165) is 12.1 Å². The maximum atomic E-state index is 15.1. The van der Waals surface area contributed by atoms with Gasteiger partial charge < -0.3 is 20.3 Å². The number of imide groups is 1. The van der Waals surface area contributed by atoms with Crippen LogP contribution in [0, 0.1) is 17.5 Å². The largest absolute Gasteiger partial charge is 0.427 e. The summed E-state index contributed by atoms with van der Waals surface area (Å²) in [4.78, 5) is 53.5. The lowest BCUT2D eigenvalue weighted by Crippen LogP contribution is -2.46. The van der Waals surface area contributed by atoms with Crippen LogP contribution in [-0.2, 0) is 26.3 Å². The van der Waals surface area contributed by atoms with Crippen molar-refractivity contribution in [1.29, 1.82) is 0 Å². The second kappa shape index (κ2) is 9.34. The van der Waals surface area contributed by atoms with Gasteiger partial charge in [0, 0.05) is 25.1 Å². The summed E-state index contributed by atoms with van der Waals surface area (Å²) in [6.07, 6.45) is 0.124. The number of amides is 5. The van der Waals surface area contributed by atoms with Crippen LogP contribution in [0.15, 0.2) is 30.3 Å². The number of carbonyl (C=O) groups excluding carboxylic acids is 4. The van der Waals surface area contributed by atoms with Crippen LogP contribution in [0.5, 0.6) is 0 Å². The Morgan fingerprint density at radius 3 is 2.58 bits per heavy atom. The molecule has 5 amide bonds. The molecule has 12 heteroatoms. The summed E-state index contributed by atoms with van der Waals surface area (Å²) < 4.78 is 47.9. The Kier molecular flexibility index (Phi) is 6.28. The first-order valence-electron chi connectivity index (χ1n) is 12.2. The molecule has 3 aliphatic rings. The fourth-order valence-corrected chi connectivity index (χ4v) is 5.64. The molecule has 1 aliphatic carbocycles. The number of nitrogens with zero attached hydrogens (tertiary/aromatic N) is 2. The van der Waals surface area contributed by atoms with Gasteiger partial charge in [-0.2, -0.15) is 0 Å². The van der Waals surface area contributed by atoms with Gasteiger partial charge in [-0.15, -0.1) is 0 Å². The van der Waals surface area contributed by atoms with Gasteiger partial charge in [0.05, 0.1) is 11.7 Å². The van der Waals surface area contributed by atoms with Gasteiger partial charge in [0.25, 0.3) is 5.91 Å². The van der Waals surface area contributed by atoms with Crippen LogP contribution in [-0.4, -0.2) is 53.4 Å². The molecule has 5 rings (SSSR count). The first-order chi connectivity index (χ1) is 18.1. The number of nitrogens with one attached hydrogen (secondary N) is 2. The Hall–Kier alpha value is -4.09. The molecule has 2 aromatic rings. The second-order valence-corrected chi connectivity index (χ2v) is 9.66. The molecule has 1 spiro atoms. The highest BCUT2D eigenvalue weighted by Gasteiger charge is 2.59. The zero-order valence-corrected chi connectivity index (χ0v) is 20.6. The topological polar surface area (TPSA) is 108 Å². The molecule has 0 radical (unpaired) electrons. The van der Waals surface area contributed by atoms with Crippen molar-refractivity contribution in [3.8, 4) is 0 Å². The van der Waals surface area contributed by atoms with Gasteiger partial charge in [0.2, 0.25) is 11.5 Å². The summed E-state index contributed by atoms with van der Waals surface area (Å²) >= 11 is 0. The number of fused-ring (bicyclic) bond motifs is 2. The minimum absolute atomic E-state index is 0.0183. The Balaban J connectivity index is 1.38. The fourth-order valence-electron chi connectivity index (χ4n) is 5.64. The average molecular weight is 531 g/mol. The molecule has 2 aromatic carbocycles. The van der Waals surface area contributed by atoms with Crippen molar-refractivity contribution in [1.82, 2.24) is 15.1 Å². The van der Waals surface area contributed by atoms with Crippen molar-refractivity contribution in [3.05, 3.63) is 64.5 Å². The molecule has 0 bridgehead atoms. The number of urea groups is 1. The molecule has 0 saturated carbocycles. The van der Waals surface area contributed by atoms with E-state index in [1.165, 1.54) is 30.1 Å². The van der Waals surface area contributed by atoms with Crippen LogP contribution >= 0.6 is 0 Å². The van der Waals surface area contributed by atoms with Crippen molar-refractivity contribution < 1.29 is 37.1 Å². The van der Waals surface area contributed by atoms with Crippen LogP contribution in [0.25, 0.3) is 0 Å². The van der Waals surface area contributed by atoms with Gasteiger partial charge in [-0.05, 0) is 55.5 Å². The third-order valence-electron chi connectivity index (χ3n) is 7.53. The van der Waals surface area contributed by atoms with Crippen LogP contribution in [0.1, 0.15) is 48.9 Å². The first-order valence-corrected chi connectivity index (χ1v) is 12.2. The molecule has 9 nitrogen and oxygen atoms in total. The molecular formula is C26H25F3N4O5. The van der Waals surface area contributed by atoms with E-state index in [1.807, 2.05) is 0 Å². The summed E-state index contributed by atoms with van der Waals surface area (Å²) in [5.41, 5.74) is -1.14. The number of carbonyl (C=O) groups is 4. The average Bonchev–Trinajstić information content (AvgIpc) is 3.53. The molecule has 200 valence electrons. The minimum atomic E-state index is -1.77. The number of benzene rings is 2. The normalized spacial score (nSPS) is 24.1. The van der Waals surface area contributed by atoms with E-state index >= 15 is 4.39 Å². The summed E-state index contributed by atoms with van der Waals surface area (Å²) in [6.45, 7) is 1.18. The Bertz CT molecular complexity index is 1370. The van der Waals surface area contributed by atoms with Gasteiger partial charge in [-0.1, -0.05) is 12.1 Å². The summed E-state index contributed by atoms with van der Waals surface area (Å²) in [6, 6.07) is 4.70. The van der Waals surface area contributed by atoms with Gasteiger partial charge in [0.15, 0.2) is 11.6 Å². The van der Waals surface area contributed by atoms with E-state index in [0.29, 0.717) is 23.3 Å². The number of likely N-dealkylation sites (tertiary alicyclic amines) is 1. The maximum Gasteiger partial charge on any atom is 0.418 e. The molecule has 2 N–H and O–H groups in total. The fraction of sp³-hybridized carbons (Fsp3) is 0.385. The van der Waals surface area contributed by atoms with Crippen molar-refractivity contribution >= 4 is 29.6 Å². The Morgan fingerprint density at radius 2 is 1.87 bits per heavy atom. The minimum Gasteiger partial charge on any atom is -0.427 e. The van der Waals surface area contributed by atoms with Gasteiger partial charge >= 0.3 is 12.1 Å². The highest BCUT2D eigenvalue weighted by molar-refractivity contribution is 6.06. The summed E-state index contributed by atoms with van der Waals surface area (Å²) in [7, 11) is 1.38. The lowest BCUT2D eigenvalue weighted by Gasteiger charge is -2.30. The highest BCUT2D eigenvalue weighted by atomic mass is 19.2. The standard InChI is InChI=1S/C26H25F3N4O5/c1-13-3-8-20(14-4-6-17(27)18(28)11-14)33(13)21(34)12-32-23(35)26(38-25(32)37)10-9-15-16(26)5-7-19(22(15)29)31-24(36)30-2/h4-7,11,13,20H,3,8-10,12H2,1-2H3,(H2,30,31,36)/t13-,20-,26+/m0/s1. The smallest absolute Gasteiger partial charge is 0.418 e. The van der Waals surface area contributed by atoms with E-state index in [-0.39, 0.29) is 35.7 Å². The lowest BCUT2D eigenvalue weighted by atomic mass is 9.94. The molecular weight excluding hydrogens is 505 g/mol. The van der Waals surface area contributed by atoms with E-state index in [9.17, 15) is 28.0 Å². The second-order valence-electron chi connectivity index (χ2n) is 9.66. The number of rotatable bonds is 4. The zero-order valence-electron chi connectivity index (χ0n) is 20.6. The van der Waals surface area contributed by atoms with Crippen LogP contribution in [0.2, 0.25) is 0 Å². The monoisotopic (exact) mass is 530 g/mol. The highest BCUT2D eigenvalue weighted by Crippen LogP contribution is 2.47. The molecule has 0 aromatic heterocycles. The first kappa shape index (κ1) is 25.6. The number of hydrogen-bond acceptors (Lipinski definition) is 5. The lowest BCUT2D eigenvalue weighted by molar-refractivity contribution is -0.143. The van der Waals surface area contributed by atoms with E-state index in [4.69, 9.17) is 4.74 Å². The van der Waals surface area contributed by atoms with E-state index < -0.39 is 59.6 Å². The third kappa shape index (κ3) is 3.95. The van der Waals surface area contributed by atoms with Gasteiger partial charge in [-0.3, -0.25) is 9.59 Å². The number of ether oxygens (including phenoxy) is 1. The van der Waals surface area contributed by atoms with Crippen molar-refractivity contribution in [3.63, 3.8) is 0 Å². The molecule has 2 heterocycles. The zero-order chi connectivity index (χ0) is 27.4. The molecule has 2 aliphatic heterocycles. The third-order valence-corrected chi connectivity index (χ3v) is 7.53. The van der Waals surface area contributed by atoms with Crippen LogP contribution in [0.4, 0.5) is 28.4 Å². The van der Waals surface area contributed by atoms with Crippen LogP contribution < -0.4 is 10.6 Å². The maximum absolute atomic E-state index is 15.1. The molecule has 38 heavy (non-hydrogen) atoms. The Morgan fingerprint density at radius 1 is 1.11 bits per heavy atom. The SMILES string of the molecule is CNC(=O)Nc1ccc2c(c1F)CC[C@@]21OC(=O)N(CC(=O)N2[C@@H](C)CC[C@H]2c2ccc(F)c(F)c2)C1=O.